The Kier molecular flexibility index (Phi) is 6.07. The maximum absolute atomic E-state index is 11.3. The van der Waals surface area contributed by atoms with Crippen molar-refractivity contribution in [2.45, 2.75) is 13.0 Å². The molecule has 0 unspecified atom stereocenters. The molecule has 0 fully saturated rings. The minimum atomic E-state index is -0.266. The third-order valence-electron chi connectivity index (χ3n) is 1.85. The molecule has 6 heteroatoms. The number of thiophene rings is 1. The van der Waals surface area contributed by atoms with Gasteiger partial charge in [0.25, 0.3) is 5.24 Å². The predicted molar refractivity (Wildman–Crippen MR) is 70.3 cm³/mol. The highest BCUT2D eigenvalue weighted by Crippen LogP contribution is 2.11. The van der Waals surface area contributed by atoms with Gasteiger partial charge in [-0.1, -0.05) is 17.8 Å². The number of ether oxygens (including phenoxy) is 1. The predicted octanol–water partition coefficient (Wildman–Crippen LogP) is 2.60. The lowest BCUT2D eigenvalue weighted by Gasteiger charge is -2.08. The van der Waals surface area contributed by atoms with E-state index in [0.717, 1.165) is 16.6 Å². The van der Waals surface area contributed by atoms with E-state index >= 15 is 0 Å². The highest BCUT2D eigenvalue weighted by molar-refractivity contribution is 8.13. The first-order valence-corrected chi connectivity index (χ1v) is 6.98. The Hall–Kier alpha value is -1.01. The number of esters is 1. The van der Waals surface area contributed by atoms with E-state index in [9.17, 15) is 9.59 Å². The summed E-state index contributed by atoms with van der Waals surface area (Å²) in [6.45, 7) is 0.322. The molecule has 0 saturated heterocycles. The van der Waals surface area contributed by atoms with E-state index in [0.29, 0.717) is 12.4 Å². The quantitative estimate of drug-likeness (QED) is 0.774. The van der Waals surface area contributed by atoms with Gasteiger partial charge in [-0.2, -0.15) is 0 Å². The van der Waals surface area contributed by atoms with Crippen LogP contribution in [0.3, 0.4) is 0 Å². The van der Waals surface area contributed by atoms with Crippen molar-refractivity contribution in [2.24, 2.45) is 0 Å². The number of hydrogen-bond donors (Lipinski definition) is 0. The van der Waals surface area contributed by atoms with Crippen LogP contribution in [0.25, 0.3) is 0 Å². The molecule has 0 aromatic carbocycles. The Labute approximate surface area is 109 Å². The van der Waals surface area contributed by atoms with E-state index in [1.165, 1.54) is 4.90 Å². The minimum Gasteiger partial charge on any atom is -0.460 e. The third-order valence-corrected chi connectivity index (χ3v) is 3.72. The summed E-state index contributed by atoms with van der Waals surface area (Å²) in [5, 5.41) is 1.89. The van der Waals surface area contributed by atoms with Crippen LogP contribution in [0.2, 0.25) is 0 Å². The first-order chi connectivity index (χ1) is 8.09. The Bertz CT molecular complexity index is 363. The van der Waals surface area contributed by atoms with Gasteiger partial charge < -0.3 is 9.64 Å². The second kappa shape index (κ2) is 7.34. The standard InChI is InChI=1S/C11H15NO3S2/c1-12(2)11(14)17-7-5-10(13)15-8-9-4-3-6-16-9/h3-4,6H,5,7-8H2,1-2H3. The molecule has 0 aliphatic rings. The van der Waals surface area contributed by atoms with Gasteiger partial charge in [0.05, 0.1) is 6.42 Å². The summed E-state index contributed by atoms with van der Waals surface area (Å²) >= 11 is 2.68. The molecular formula is C11H15NO3S2. The number of carbonyl (C=O) groups is 2. The van der Waals surface area contributed by atoms with Crippen molar-refractivity contribution in [3.8, 4) is 0 Å². The van der Waals surface area contributed by atoms with Crippen LogP contribution in [-0.2, 0) is 16.1 Å². The SMILES string of the molecule is CN(C)C(=O)SCCC(=O)OCc1cccs1. The van der Waals surface area contributed by atoms with Gasteiger partial charge in [-0.25, -0.2) is 0 Å². The highest BCUT2D eigenvalue weighted by Gasteiger charge is 2.08. The fraction of sp³-hybridized carbons (Fsp3) is 0.455. The van der Waals surface area contributed by atoms with Gasteiger partial charge >= 0.3 is 5.97 Å². The maximum atomic E-state index is 11.3. The summed E-state index contributed by atoms with van der Waals surface area (Å²) in [4.78, 5) is 25.1. The molecule has 0 radical (unpaired) electrons. The molecule has 1 rings (SSSR count). The molecule has 94 valence electrons. The van der Waals surface area contributed by atoms with Gasteiger partial charge in [0.1, 0.15) is 6.61 Å². The Morgan fingerprint density at radius 1 is 1.47 bits per heavy atom. The molecular weight excluding hydrogens is 258 g/mol. The Morgan fingerprint density at radius 2 is 2.24 bits per heavy atom. The smallest absolute Gasteiger partial charge is 0.306 e. The summed E-state index contributed by atoms with van der Waals surface area (Å²) in [5.74, 6) is 0.192. The van der Waals surface area contributed by atoms with Crippen molar-refractivity contribution in [1.29, 1.82) is 0 Å². The molecule has 0 spiro atoms. The van der Waals surface area contributed by atoms with Gasteiger partial charge in [-0.05, 0) is 11.4 Å². The number of thioether (sulfide) groups is 1. The van der Waals surface area contributed by atoms with Crippen LogP contribution in [0.5, 0.6) is 0 Å². The summed E-state index contributed by atoms with van der Waals surface area (Å²) in [5.41, 5.74) is 0. The molecule has 4 nitrogen and oxygen atoms in total. The van der Waals surface area contributed by atoms with Crippen molar-refractivity contribution in [2.75, 3.05) is 19.8 Å². The van der Waals surface area contributed by atoms with Crippen molar-refractivity contribution in [3.63, 3.8) is 0 Å². The average Bonchev–Trinajstić information content (AvgIpc) is 2.78. The minimum absolute atomic E-state index is 0.0453. The summed E-state index contributed by atoms with van der Waals surface area (Å²) < 4.78 is 5.06. The largest absolute Gasteiger partial charge is 0.460 e. The van der Waals surface area contributed by atoms with Gasteiger partial charge in [0.2, 0.25) is 0 Å². The maximum Gasteiger partial charge on any atom is 0.306 e. The molecule has 1 heterocycles. The second-order valence-electron chi connectivity index (χ2n) is 3.50. The molecule has 1 amide bonds. The lowest BCUT2D eigenvalue weighted by Crippen LogP contribution is -2.17. The van der Waals surface area contributed by atoms with E-state index in [1.807, 2.05) is 17.5 Å². The van der Waals surface area contributed by atoms with Gasteiger partial charge in [0.15, 0.2) is 0 Å². The van der Waals surface area contributed by atoms with E-state index in [1.54, 1.807) is 25.4 Å². The van der Waals surface area contributed by atoms with Crippen LogP contribution in [0.1, 0.15) is 11.3 Å². The van der Waals surface area contributed by atoms with Crippen LogP contribution < -0.4 is 0 Å². The van der Waals surface area contributed by atoms with Gasteiger partial charge in [0, 0.05) is 24.7 Å². The highest BCUT2D eigenvalue weighted by atomic mass is 32.2. The molecule has 0 bridgehead atoms. The number of amides is 1. The fourth-order valence-corrected chi connectivity index (χ4v) is 2.29. The van der Waals surface area contributed by atoms with Crippen LogP contribution in [0.4, 0.5) is 4.79 Å². The van der Waals surface area contributed by atoms with Crippen molar-refractivity contribution < 1.29 is 14.3 Å². The van der Waals surface area contributed by atoms with E-state index < -0.39 is 0 Å². The summed E-state index contributed by atoms with van der Waals surface area (Å²) in [6, 6.07) is 3.84. The zero-order valence-electron chi connectivity index (χ0n) is 9.84. The molecule has 0 aliphatic carbocycles. The van der Waals surface area contributed by atoms with Gasteiger partial charge in [-0.3, -0.25) is 9.59 Å². The van der Waals surface area contributed by atoms with Crippen LogP contribution in [-0.4, -0.2) is 36.0 Å². The molecule has 0 N–H and O–H groups in total. The van der Waals surface area contributed by atoms with E-state index in [2.05, 4.69) is 0 Å². The van der Waals surface area contributed by atoms with Crippen LogP contribution in [0, 0.1) is 0 Å². The second-order valence-corrected chi connectivity index (χ2v) is 5.58. The Morgan fingerprint density at radius 3 is 2.82 bits per heavy atom. The molecule has 1 aromatic rings. The number of nitrogens with zero attached hydrogens (tertiary/aromatic N) is 1. The normalized spacial score (nSPS) is 10.0. The molecule has 0 atom stereocenters. The topological polar surface area (TPSA) is 46.6 Å². The first-order valence-electron chi connectivity index (χ1n) is 5.11. The van der Waals surface area contributed by atoms with Crippen molar-refractivity contribution in [3.05, 3.63) is 22.4 Å². The Balaban J connectivity index is 2.11. The van der Waals surface area contributed by atoms with Crippen LogP contribution in [0.15, 0.2) is 17.5 Å². The zero-order valence-corrected chi connectivity index (χ0v) is 11.5. The number of hydrogen-bond acceptors (Lipinski definition) is 5. The molecule has 0 saturated carbocycles. The lowest BCUT2D eigenvalue weighted by atomic mass is 10.5. The molecule has 1 aromatic heterocycles. The summed E-state index contributed by atoms with van der Waals surface area (Å²) in [7, 11) is 3.37. The number of carbonyl (C=O) groups excluding carboxylic acids is 2. The van der Waals surface area contributed by atoms with Crippen LogP contribution >= 0.6 is 23.1 Å². The van der Waals surface area contributed by atoms with E-state index in [-0.39, 0.29) is 17.6 Å². The zero-order chi connectivity index (χ0) is 12.7. The average molecular weight is 273 g/mol. The lowest BCUT2D eigenvalue weighted by molar-refractivity contribution is -0.144. The van der Waals surface area contributed by atoms with E-state index in [4.69, 9.17) is 4.74 Å². The van der Waals surface area contributed by atoms with Crippen molar-refractivity contribution >= 4 is 34.3 Å². The number of rotatable bonds is 5. The van der Waals surface area contributed by atoms with Gasteiger partial charge in [-0.15, -0.1) is 11.3 Å². The van der Waals surface area contributed by atoms with Crippen molar-refractivity contribution in [1.82, 2.24) is 4.90 Å². The molecule has 0 aliphatic heterocycles. The first kappa shape index (κ1) is 14.1. The monoisotopic (exact) mass is 273 g/mol. The third kappa shape index (κ3) is 5.74. The fourth-order valence-electron chi connectivity index (χ4n) is 0.969. The molecule has 17 heavy (non-hydrogen) atoms. The summed E-state index contributed by atoms with van der Waals surface area (Å²) in [6.07, 6.45) is 0.260.